The fourth-order valence-corrected chi connectivity index (χ4v) is 2.68. The van der Waals surface area contributed by atoms with Crippen LogP contribution < -0.4 is 14.9 Å². The Hall–Kier alpha value is -3.28. The molecule has 0 fully saturated rings. The number of carboxylic acid groups (broad SMARTS) is 1. The Morgan fingerprint density at radius 2 is 1.76 bits per heavy atom. The summed E-state index contributed by atoms with van der Waals surface area (Å²) in [6, 6.07) is 9.83. The Bertz CT molecular complexity index is 1030. The molecule has 0 aliphatic carbocycles. The van der Waals surface area contributed by atoms with Crippen LogP contribution in [0, 0.1) is 6.92 Å². The number of methoxy groups -OCH3 is 2. The second kappa shape index (κ2) is 6.32. The van der Waals surface area contributed by atoms with Crippen molar-refractivity contribution < 1.29 is 23.8 Å². The van der Waals surface area contributed by atoms with Crippen molar-refractivity contribution in [3.63, 3.8) is 0 Å². The third-order valence-corrected chi connectivity index (χ3v) is 3.91. The van der Waals surface area contributed by atoms with Crippen molar-refractivity contribution >= 4 is 16.9 Å². The number of aryl methyl sites for hydroxylation is 1. The maximum atomic E-state index is 12.7. The summed E-state index contributed by atoms with van der Waals surface area (Å²) in [6.07, 6.45) is 0. The number of hydrogen-bond donors (Lipinski definition) is 1. The zero-order valence-electron chi connectivity index (χ0n) is 14.0. The molecule has 1 N–H and O–H groups in total. The molecule has 25 heavy (non-hydrogen) atoms. The summed E-state index contributed by atoms with van der Waals surface area (Å²) >= 11 is 0. The molecule has 0 aliphatic heterocycles. The summed E-state index contributed by atoms with van der Waals surface area (Å²) < 4.78 is 16.2. The van der Waals surface area contributed by atoms with Gasteiger partial charge in [-0.1, -0.05) is 6.07 Å². The van der Waals surface area contributed by atoms with E-state index in [-0.39, 0.29) is 11.1 Å². The van der Waals surface area contributed by atoms with Gasteiger partial charge in [-0.3, -0.25) is 4.79 Å². The van der Waals surface area contributed by atoms with Gasteiger partial charge in [-0.05, 0) is 42.8 Å². The third-order valence-electron chi connectivity index (χ3n) is 3.91. The van der Waals surface area contributed by atoms with Gasteiger partial charge in [-0.25, -0.2) is 4.79 Å². The molecule has 3 rings (SSSR count). The summed E-state index contributed by atoms with van der Waals surface area (Å²) in [5.74, 6) is -0.469. The summed E-state index contributed by atoms with van der Waals surface area (Å²) in [5, 5.41) is 9.76. The largest absolute Gasteiger partial charge is 0.493 e. The third kappa shape index (κ3) is 2.82. The van der Waals surface area contributed by atoms with E-state index in [2.05, 4.69) is 0 Å². The molecule has 0 aliphatic rings. The minimum atomic E-state index is -1.35. The number of rotatable bonds is 4. The molecule has 1 aromatic heterocycles. The lowest BCUT2D eigenvalue weighted by molar-refractivity contribution is 0.0694. The first-order valence-corrected chi connectivity index (χ1v) is 7.49. The summed E-state index contributed by atoms with van der Waals surface area (Å²) in [7, 11) is 2.97. The zero-order valence-corrected chi connectivity index (χ0v) is 14.0. The second-order valence-electron chi connectivity index (χ2n) is 5.51. The van der Waals surface area contributed by atoms with E-state index in [4.69, 9.17) is 13.9 Å². The maximum absolute atomic E-state index is 12.7. The van der Waals surface area contributed by atoms with Crippen LogP contribution in [0.1, 0.15) is 15.9 Å². The van der Waals surface area contributed by atoms with Gasteiger partial charge >= 0.3 is 5.97 Å². The minimum Gasteiger partial charge on any atom is -0.493 e. The van der Waals surface area contributed by atoms with Gasteiger partial charge in [0.15, 0.2) is 22.8 Å². The first-order chi connectivity index (χ1) is 12.0. The molecule has 3 aromatic rings. The van der Waals surface area contributed by atoms with Crippen LogP contribution in [0.25, 0.3) is 22.3 Å². The maximum Gasteiger partial charge on any atom is 0.343 e. The highest BCUT2D eigenvalue weighted by atomic mass is 16.5. The lowest BCUT2D eigenvalue weighted by Gasteiger charge is -2.11. The van der Waals surface area contributed by atoms with Crippen molar-refractivity contribution in [3.05, 3.63) is 57.7 Å². The van der Waals surface area contributed by atoms with Crippen LogP contribution in [0.5, 0.6) is 11.5 Å². The molecular formula is C19H16O6. The zero-order chi connectivity index (χ0) is 18.1. The molecule has 6 nitrogen and oxygen atoms in total. The quantitative estimate of drug-likeness (QED) is 0.782. The predicted octanol–water partition coefficient (Wildman–Crippen LogP) is 3.48. The molecule has 0 radical (unpaired) electrons. The van der Waals surface area contributed by atoms with Gasteiger partial charge in [-0.2, -0.15) is 0 Å². The minimum absolute atomic E-state index is 0.0171. The van der Waals surface area contributed by atoms with Gasteiger partial charge < -0.3 is 19.0 Å². The molecule has 0 saturated heterocycles. The van der Waals surface area contributed by atoms with Crippen molar-refractivity contribution in [1.29, 1.82) is 0 Å². The summed E-state index contributed by atoms with van der Waals surface area (Å²) in [4.78, 5) is 24.3. The van der Waals surface area contributed by atoms with Crippen LogP contribution in [0.4, 0.5) is 0 Å². The van der Waals surface area contributed by atoms with Crippen molar-refractivity contribution in [2.45, 2.75) is 6.92 Å². The van der Waals surface area contributed by atoms with E-state index < -0.39 is 17.0 Å². The molecule has 0 bridgehead atoms. The summed E-state index contributed by atoms with van der Waals surface area (Å²) in [5.41, 5.74) is 0.648. The van der Waals surface area contributed by atoms with Gasteiger partial charge in [0.1, 0.15) is 5.58 Å². The van der Waals surface area contributed by atoms with Crippen molar-refractivity contribution in [2.75, 3.05) is 14.2 Å². The highest BCUT2D eigenvalue weighted by Crippen LogP contribution is 2.34. The van der Waals surface area contributed by atoms with Gasteiger partial charge in [0, 0.05) is 5.56 Å². The van der Waals surface area contributed by atoms with Crippen molar-refractivity contribution in [1.82, 2.24) is 0 Å². The van der Waals surface area contributed by atoms with E-state index in [1.807, 2.05) is 6.92 Å². The lowest BCUT2D eigenvalue weighted by Crippen LogP contribution is -2.16. The molecular weight excluding hydrogens is 324 g/mol. The smallest absolute Gasteiger partial charge is 0.343 e. The number of carboxylic acids is 1. The highest BCUT2D eigenvalue weighted by molar-refractivity contribution is 5.98. The molecule has 0 saturated carbocycles. The van der Waals surface area contributed by atoms with E-state index in [1.54, 1.807) is 36.4 Å². The fourth-order valence-electron chi connectivity index (χ4n) is 2.68. The first kappa shape index (κ1) is 16.6. The topological polar surface area (TPSA) is 86.0 Å². The normalized spacial score (nSPS) is 10.7. The van der Waals surface area contributed by atoms with E-state index in [1.165, 1.54) is 14.2 Å². The average molecular weight is 340 g/mol. The van der Waals surface area contributed by atoms with Crippen LogP contribution in [-0.4, -0.2) is 25.3 Å². The predicted molar refractivity (Wildman–Crippen MR) is 92.7 cm³/mol. The molecule has 6 heteroatoms. The van der Waals surface area contributed by atoms with Crippen LogP contribution >= 0.6 is 0 Å². The van der Waals surface area contributed by atoms with Crippen LogP contribution in [0.2, 0.25) is 0 Å². The number of hydrogen-bond acceptors (Lipinski definition) is 5. The Morgan fingerprint density at radius 1 is 1.04 bits per heavy atom. The second-order valence-corrected chi connectivity index (χ2v) is 5.51. The van der Waals surface area contributed by atoms with E-state index in [0.717, 1.165) is 5.56 Å². The molecule has 1 heterocycles. The van der Waals surface area contributed by atoms with Gasteiger partial charge in [0.25, 0.3) is 0 Å². The molecule has 2 aromatic carbocycles. The standard InChI is InChI=1S/C19H16O6/c1-10-4-6-12-14(8-10)25-18(16(17(12)20)19(21)22)11-5-7-13(23-2)15(9-11)24-3/h4-9H,1-3H3,(H,21,22). The Balaban J connectivity index is 2.37. The van der Waals surface area contributed by atoms with E-state index in [9.17, 15) is 14.7 Å². The molecule has 0 amide bonds. The van der Waals surface area contributed by atoms with Gasteiger partial charge in [0.2, 0.25) is 5.43 Å². The van der Waals surface area contributed by atoms with Crippen LogP contribution in [-0.2, 0) is 0 Å². The average Bonchev–Trinajstić information content (AvgIpc) is 2.60. The monoisotopic (exact) mass is 340 g/mol. The van der Waals surface area contributed by atoms with Gasteiger partial charge in [0.05, 0.1) is 19.6 Å². The van der Waals surface area contributed by atoms with E-state index in [0.29, 0.717) is 22.6 Å². The lowest BCUT2D eigenvalue weighted by atomic mass is 10.0. The van der Waals surface area contributed by atoms with Crippen LogP contribution in [0.3, 0.4) is 0 Å². The number of ether oxygens (including phenoxy) is 2. The number of carbonyl (C=O) groups is 1. The SMILES string of the molecule is COc1ccc(-c2oc3cc(C)ccc3c(=O)c2C(=O)O)cc1OC. The molecule has 0 unspecified atom stereocenters. The Morgan fingerprint density at radius 3 is 2.40 bits per heavy atom. The molecule has 0 spiro atoms. The van der Waals surface area contributed by atoms with Gasteiger partial charge in [-0.15, -0.1) is 0 Å². The highest BCUT2D eigenvalue weighted by Gasteiger charge is 2.22. The van der Waals surface area contributed by atoms with Crippen molar-refractivity contribution in [2.24, 2.45) is 0 Å². The molecule has 128 valence electrons. The fraction of sp³-hybridized carbons (Fsp3) is 0.158. The van der Waals surface area contributed by atoms with Crippen molar-refractivity contribution in [3.8, 4) is 22.8 Å². The Labute approximate surface area is 143 Å². The van der Waals surface area contributed by atoms with Crippen LogP contribution in [0.15, 0.2) is 45.6 Å². The molecule has 0 atom stereocenters. The Kier molecular flexibility index (Phi) is 4.19. The first-order valence-electron chi connectivity index (χ1n) is 7.49. The number of aromatic carboxylic acids is 1. The number of fused-ring (bicyclic) bond motifs is 1. The van der Waals surface area contributed by atoms with E-state index >= 15 is 0 Å². The summed E-state index contributed by atoms with van der Waals surface area (Å²) in [6.45, 7) is 1.86. The number of benzene rings is 2.